The average molecular weight is 174 g/mol. The van der Waals surface area contributed by atoms with E-state index in [2.05, 4.69) is 48.6 Å². The molecular formula is C13H18. The molecule has 0 N–H and O–H groups in total. The lowest BCUT2D eigenvalue weighted by Crippen LogP contribution is -1.69. The zero-order valence-electron chi connectivity index (χ0n) is 8.15. The van der Waals surface area contributed by atoms with Crippen LogP contribution in [0.4, 0.5) is 0 Å². The summed E-state index contributed by atoms with van der Waals surface area (Å²) in [6.07, 6.45) is 23.5. The Balaban J connectivity index is 2.38. The van der Waals surface area contributed by atoms with Crippen molar-refractivity contribution in [3.05, 3.63) is 48.6 Å². The predicted octanol–water partition coefficient (Wildman–Crippen LogP) is 4.18. The number of hydrogen-bond acceptors (Lipinski definition) is 0. The van der Waals surface area contributed by atoms with Crippen LogP contribution in [-0.4, -0.2) is 0 Å². The van der Waals surface area contributed by atoms with Crippen LogP contribution in [0.25, 0.3) is 0 Å². The fourth-order valence-electron chi connectivity index (χ4n) is 1.26. The fraction of sp³-hybridized carbons (Fsp3) is 0.385. The van der Waals surface area contributed by atoms with Gasteiger partial charge in [0.15, 0.2) is 0 Å². The molecule has 0 saturated carbocycles. The van der Waals surface area contributed by atoms with Crippen LogP contribution >= 0.6 is 0 Å². The quantitative estimate of drug-likeness (QED) is 0.483. The summed E-state index contributed by atoms with van der Waals surface area (Å²) in [5.41, 5.74) is 0. The van der Waals surface area contributed by atoms with Crippen molar-refractivity contribution in [1.29, 1.82) is 0 Å². The summed E-state index contributed by atoms with van der Waals surface area (Å²) >= 11 is 0. The van der Waals surface area contributed by atoms with Gasteiger partial charge in [-0.1, -0.05) is 48.6 Å². The Morgan fingerprint density at radius 1 is 0.462 bits per heavy atom. The van der Waals surface area contributed by atoms with E-state index in [0.717, 1.165) is 6.42 Å². The van der Waals surface area contributed by atoms with Gasteiger partial charge in [0.25, 0.3) is 0 Å². The zero-order valence-corrected chi connectivity index (χ0v) is 8.15. The molecule has 0 aromatic rings. The summed E-state index contributed by atoms with van der Waals surface area (Å²) in [5.74, 6) is 0. The van der Waals surface area contributed by atoms with Gasteiger partial charge in [0.2, 0.25) is 0 Å². The van der Waals surface area contributed by atoms with E-state index in [1.165, 1.54) is 25.7 Å². The second-order valence-corrected chi connectivity index (χ2v) is 3.22. The van der Waals surface area contributed by atoms with E-state index in [9.17, 15) is 0 Å². The molecule has 0 atom stereocenters. The molecule has 13 heavy (non-hydrogen) atoms. The third kappa shape index (κ3) is 6.15. The molecule has 0 heteroatoms. The first-order valence-electron chi connectivity index (χ1n) is 5.13. The fourth-order valence-corrected chi connectivity index (χ4v) is 1.26. The first kappa shape index (κ1) is 10.0. The molecule has 0 amide bonds. The lowest BCUT2D eigenvalue weighted by Gasteiger charge is -1.89. The molecule has 0 aromatic heterocycles. The van der Waals surface area contributed by atoms with Crippen LogP contribution < -0.4 is 0 Å². The van der Waals surface area contributed by atoms with Crippen LogP contribution in [0, 0.1) is 0 Å². The van der Waals surface area contributed by atoms with Crippen molar-refractivity contribution in [2.75, 3.05) is 0 Å². The molecule has 0 saturated heterocycles. The van der Waals surface area contributed by atoms with Gasteiger partial charge in [-0.3, -0.25) is 0 Å². The molecule has 0 aromatic carbocycles. The molecule has 0 spiro atoms. The molecule has 1 rings (SSSR count). The normalized spacial score (nSPS) is 26.5. The molecule has 0 nitrogen and oxygen atoms in total. The first-order chi connectivity index (χ1) is 6.50. The third-order valence-electron chi connectivity index (χ3n) is 2.01. The highest BCUT2D eigenvalue weighted by molar-refractivity contribution is 5.11. The predicted molar refractivity (Wildman–Crippen MR) is 59.6 cm³/mol. The largest absolute Gasteiger partial charge is 0.0885 e. The smallest absolute Gasteiger partial charge is 0.0313 e. The highest BCUT2D eigenvalue weighted by Crippen LogP contribution is 2.01. The number of hydrogen-bond donors (Lipinski definition) is 0. The number of allylic oxidation sites excluding steroid dienone is 8. The minimum Gasteiger partial charge on any atom is -0.0885 e. The summed E-state index contributed by atoms with van der Waals surface area (Å²) in [7, 11) is 0. The molecular weight excluding hydrogens is 156 g/mol. The maximum atomic E-state index is 2.30. The second-order valence-electron chi connectivity index (χ2n) is 3.22. The molecule has 1 aliphatic rings. The maximum Gasteiger partial charge on any atom is -0.0313 e. The Bertz CT molecular complexity index is 216. The van der Waals surface area contributed by atoms with Crippen molar-refractivity contribution in [3.8, 4) is 0 Å². The standard InChI is InChI=1S/C13H18/c1-2-4-6-8-10-12-13-11-9-7-5-3-1/h1-6,11,13H,7-10,12H2/b2-1-,5-3+,6-4?,13-11+. The lowest BCUT2D eigenvalue weighted by molar-refractivity contribution is 0.863. The minimum absolute atomic E-state index is 1.16. The summed E-state index contributed by atoms with van der Waals surface area (Å²) in [5, 5.41) is 0. The monoisotopic (exact) mass is 174 g/mol. The van der Waals surface area contributed by atoms with Crippen molar-refractivity contribution in [2.24, 2.45) is 0 Å². The van der Waals surface area contributed by atoms with Gasteiger partial charge >= 0.3 is 0 Å². The van der Waals surface area contributed by atoms with Crippen LogP contribution in [-0.2, 0) is 0 Å². The van der Waals surface area contributed by atoms with Gasteiger partial charge in [-0.05, 0) is 32.1 Å². The molecule has 0 aliphatic heterocycles. The summed E-state index contributed by atoms with van der Waals surface area (Å²) in [6.45, 7) is 0. The Morgan fingerprint density at radius 3 is 1.85 bits per heavy atom. The SMILES string of the molecule is C1=CCCC/C=C/CC/C=C/C=C\1. The first-order valence-corrected chi connectivity index (χ1v) is 5.13. The van der Waals surface area contributed by atoms with E-state index >= 15 is 0 Å². The topological polar surface area (TPSA) is 0 Å². The van der Waals surface area contributed by atoms with Crippen molar-refractivity contribution in [1.82, 2.24) is 0 Å². The average Bonchev–Trinajstić information content (AvgIpc) is 2.18. The van der Waals surface area contributed by atoms with Crippen molar-refractivity contribution < 1.29 is 0 Å². The van der Waals surface area contributed by atoms with Gasteiger partial charge in [-0.25, -0.2) is 0 Å². The van der Waals surface area contributed by atoms with Gasteiger partial charge < -0.3 is 0 Å². The minimum atomic E-state index is 1.16. The summed E-state index contributed by atoms with van der Waals surface area (Å²) in [4.78, 5) is 0. The van der Waals surface area contributed by atoms with Gasteiger partial charge in [-0.2, -0.15) is 0 Å². The third-order valence-corrected chi connectivity index (χ3v) is 2.01. The Labute approximate surface area is 81.4 Å². The molecule has 70 valence electrons. The van der Waals surface area contributed by atoms with E-state index in [4.69, 9.17) is 0 Å². The van der Waals surface area contributed by atoms with Crippen LogP contribution in [0.1, 0.15) is 32.1 Å². The van der Waals surface area contributed by atoms with Crippen LogP contribution in [0.15, 0.2) is 48.6 Å². The van der Waals surface area contributed by atoms with Gasteiger partial charge in [0.1, 0.15) is 0 Å². The van der Waals surface area contributed by atoms with E-state index in [-0.39, 0.29) is 0 Å². The molecule has 0 radical (unpaired) electrons. The van der Waals surface area contributed by atoms with Crippen LogP contribution in [0.5, 0.6) is 0 Å². The second kappa shape index (κ2) is 7.60. The van der Waals surface area contributed by atoms with E-state index in [1.807, 2.05) is 0 Å². The summed E-state index contributed by atoms with van der Waals surface area (Å²) < 4.78 is 0. The van der Waals surface area contributed by atoms with E-state index in [1.54, 1.807) is 0 Å². The van der Waals surface area contributed by atoms with Crippen molar-refractivity contribution >= 4 is 0 Å². The molecule has 0 unspecified atom stereocenters. The van der Waals surface area contributed by atoms with Crippen LogP contribution in [0.2, 0.25) is 0 Å². The van der Waals surface area contributed by atoms with Crippen LogP contribution in [0.3, 0.4) is 0 Å². The Morgan fingerprint density at radius 2 is 1.00 bits per heavy atom. The van der Waals surface area contributed by atoms with Gasteiger partial charge in [0, 0.05) is 0 Å². The highest BCUT2D eigenvalue weighted by Gasteiger charge is 1.81. The van der Waals surface area contributed by atoms with Gasteiger partial charge in [0.05, 0.1) is 0 Å². The van der Waals surface area contributed by atoms with Gasteiger partial charge in [-0.15, -0.1) is 0 Å². The van der Waals surface area contributed by atoms with E-state index < -0.39 is 0 Å². The zero-order chi connectivity index (χ0) is 9.19. The Kier molecular flexibility index (Phi) is 5.87. The number of rotatable bonds is 0. The molecule has 0 heterocycles. The molecule has 0 fully saturated rings. The maximum absolute atomic E-state index is 2.30. The Hall–Kier alpha value is -1.04. The summed E-state index contributed by atoms with van der Waals surface area (Å²) in [6, 6.07) is 0. The molecule has 0 bridgehead atoms. The molecule has 1 aliphatic carbocycles. The van der Waals surface area contributed by atoms with E-state index in [0.29, 0.717) is 0 Å². The highest BCUT2D eigenvalue weighted by atomic mass is 13.9. The lowest BCUT2D eigenvalue weighted by atomic mass is 10.2. The van der Waals surface area contributed by atoms with Crippen molar-refractivity contribution in [3.63, 3.8) is 0 Å². The van der Waals surface area contributed by atoms with Crippen molar-refractivity contribution in [2.45, 2.75) is 32.1 Å².